The van der Waals surface area contributed by atoms with Crippen molar-refractivity contribution in [3.05, 3.63) is 42.2 Å². The maximum atomic E-state index is 4.45. The predicted molar refractivity (Wildman–Crippen MR) is 80.1 cm³/mol. The van der Waals surface area contributed by atoms with Gasteiger partial charge < -0.3 is 5.32 Å². The molecule has 1 heterocycles. The highest BCUT2D eigenvalue weighted by molar-refractivity contribution is 5.85. The Morgan fingerprint density at radius 1 is 1.21 bits per heavy atom. The first kappa shape index (κ1) is 12.6. The molecule has 0 spiro atoms. The molecule has 1 saturated carbocycles. The van der Waals surface area contributed by atoms with Gasteiger partial charge in [0, 0.05) is 23.8 Å². The summed E-state index contributed by atoms with van der Waals surface area (Å²) in [5, 5.41) is 6.30. The van der Waals surface area contributed by atoms with Crippen LogP contribution < -0.4 is 5.32 Å². The Labute approximate surface area is 115 Å². The van der Waals surface area contributed by atoms with Crippen molar-refractivity contribution < 1.29 is 0 Å². The minimum atomic E-state index is 0.464. The van der Waals surface area contributed by atoms with E-state index in [9.17, 15) is 0 Å². The zero-order valence-electron chi connectivity index (χ0n) is 11.6. The van der Waals surface area contributed by atoms with Crippen LogP contribution >= 0.6 is 0 Å². The summed E-state index contributed by atoms with van der Waals surface area (Å²) < 4.78 is 0. The van der Waals surface area contributed by atoms with Crippen LogP contribution in [0.5, 0.6) is 0 Å². The first-order valence-electron chi connectivity index (χ1n) is 7.46. The molecule has 1 aromatic heterocycles. The van der Waals surface area contributed by atoms with Crippen molar-refractivity contribution in [3.8, 4) is 0 Å². The van der Waals surface area contributed by atoms with Crippen molar-refractivity contribution in [2.75, 3.05) is 6.54 Å². The third-order valence-electron chi connectivity index (χ3n) is 4.33. The molecule has 0 radical (unpaired) electrons. The third kappa shape index (κ3) is 2.50. The molecule has 19 heavy (non-hydrogen) atoms. The second-order valence-corrected chi connectivity index (χ2v) is 5.53. The van der Waals surface area contributed by atoms with Crippen LogP contribution in [-0.4, -0.2) is 11.5 Å². The quantitative estimate of drug-likeness (QED) is 0.889. The number of benzene rings is 1. The van der Waals surface area contributed by atoms with Crippen molar-refractivity contribution in [1.82, 2.24) is 10.3 Å². The van der Waals surface area contributed by atoms with Crippen molar-refractivity contribution in [3.63, 3.8) is 0 Å². The van der Waals surface area contributed by atoms with Gasteiger partial charge >= 0.3 is 0 Å². The summed E-state index contributed by atoms with van der Waals surface area (Å²) >= 11 is 0. The summed E-state index contributed by atoms with van der Waals surface area (Å²) in [4.78, 5) is 4.45. The fourth-order valence-corrected chi connectivity index (χ4v) is 3.43. The number of hydrogen-bond donors (Lipinski definition) is 1. The topological polar surface area (TPSA) is 24.9 Å². The third-order valence-corrected chi connectivity index (χ3v) is 4.33. The van der Waals surface area contributed by atoms with E-state index in [1.165, 1.54) is 42.0 Å². The van der Waals surface area contributed by atoms with Gasteiger partial charge in [0.25, 0.3) is 0 Å². The Kier molecular flexibility index (Phi) is 3.79. The monoisotopic (exact) mass is 254 g/mol. The number of rotatable bonds is 4. The van der Waals surface area contributed by atoms with Gasteiger partial charge in [0.2, 0.25) is 0 Å². The van der Waals surface area contributed by atoms with Gasteiger partial charge in [-0.3, -0.25) is 4.98 Å². The standard InChI is InChI=1S/C17H22N2/c1-2-19-17(13-7-3-4-8-13)16-12-18-11-14-9-5-6-10-15(14)16/h5-6,9-13,17,19H,2-4,7-8H2,1H3. The summed E-state index contributed by atoms with van der Waals surface area (Å²) in [5.74, 6) is 0.771. The summed E-state index contributed by atoms with van der Waals surface area (Å²) in [5.41, 5.74) is 1.38. The molecule has 0 aliphatic heterocycles. The van der Waals surface area contributed by atoms with Crippen molar-refractivity contribution in [2.24, 2.45) is 5.92 Å². The average molecular weight is 254 g/mol. The summed E-state index contributed by atoms with van der Waals surface area (Å²) in [7, 11) is 0. The van der Waals surface area contributed by atoms with E-state index in [0.29, 0.717) is 6.04 Å². The highest BCUT2D eigenvalue weighted by atomic mass is 14.9. The number of hydrogen-bond acceptors (Lipinski definition) is 2. The summed E-state index contributed by atoms with van der Waals surface area (Å²) in [6, 6.07) is 9.07. The Bertz CT molecular complexity index is 538. The lowest BCUT2D eigenvalue weighted by molar-refractivity contribution is 0.376. The van der Waals surface area contributed by atoms with E-state index >= 15 is 0 Å². The SMILES string of the molecule is CCNC(c1cncc2ccccc12)C1CCCC1. The second kappa shape index (κ2) is 5.70. The molecule has 0 saturated heterocycles. The Balaban J connectivity index is 2.03. The van der Waals surface area contributed by atoms with Crippen molar-refractivity contribution >= 4 is 10.8 Å². The Morgan fingerprint density at radius 3 is 2.79 bits per heavy atom. The normalized spacial score (nSPS) is 17.9. The molecule has 2 aromatic rings. The van der Waals surface area contributed by atoms with Crippen molar-refractivity contribution in [1.29, 1.82) is 0 Å². The number of nitrogens with zero attached hydrogens (tertiary/aromatic N) is 1. The lowest BCUT2D eigenvalue weighted by Crippen LogP contribution is -2.27. The molecular weight excluding hydrogens is 232 g/mol. The first-order chi connectivity index (χ1) is 9.40. The molecule has 1 aliphatic rings. The number of aromatic nitrogens is 1. The van der Waals surface area contributed by atoms with E-state index in [0.717, 1.165) is 12.5 Å². The Hall–Kier alpha value is -1.41. The number of nitrogens with one attached hydrogen (secondary N) is 1. The number of pyridine rings is 1. The zero-order chi connectivity index (χ0) is 13.1. The van der Waals surface area contributed by atoms with E-state index in [4.69, 9.17) is 0 Å². The lowest BCUT2D eigenvalue weighted by atomic mass is 9.90. The molecule has 1 unspecified atom stereocenters. The van der Waals surface area contributed by atoms with Crippen LogP contribution in [0.4, 0.5) is 0 Å². The molecule has 3 rings (SSSR count). The molecular formula is C17H22N2. The van der Waals surface area contributed by atoms with E-state index in [1.807, 2.05) is 6.20 Å². The zero-order valence-corrected chi connectivity index (χ0v) is 11.6. The smallest absolute Gasteiger partial charge is 0.0370 e. The van der Waals surface area contributed by atoms with Crippen LogP contribution in [0.3, 0.4) is 0 Å². The fraction of sp³-hybridized carbons (Fsp3) is 0.471. The highest BCUT2D eigenvalue weighted by Gasteiger charge is 2.26. The summed E-state index contributed by atoms with van der Waals surface area (Å²) in [6.45, 7) is 3.21. The molecule has 0 amide bonds. The van der Waals surface area contributed by atoms with Gasteiger partial charge in [-0.2, -0.15) is 0 Å². The first-order valence-corrected chi connectivity index (χ1v) is 7.46. The van der Waals surface area contributed by atoms with E-state index < -0.39 is 0 Å². The van der Waals surface area contributed by atoms with Gasteiger partial charge in [-0.25, -0.2) is 0 Å². The minimum Gasteiger partial charge on any atom is -0.310 e. The second-order valence-electron chi connectivity index (χ2n) is 5.53. The molecule has 1 aliphatic carbocycles. The minimum absolute atomic E-state index is 0.464. The van der Waals surface area contributed by atoms with Gasteiger partial charge in [0.1, 0.15) is 0 Å². The van der Waals surface area contributed by atoms with E-state index in [-0.39, 0.29) is 0 Å². The highest BCUT2D eigenvalue weighted by Crippen LogP contribution is 2.37. The van der Waals surface area contributed by atoms with Crippen LogP contribution in [0.2, 0.25) is 0 Å². The van der Waals surface area contributed by atoms with Crippen LogP contribution in [0.1, 0.15) is 44.2 Å². The lowest BCUT2D eigenvalue weighted by Gasteiger charge is -2.25. The van der Waals surface area contributed by atoms with E-state index in [1.54, 1.807) is 0 Å². The maximum Gasteiger partial charge on any atom is 0.0370 e. The maximum absolute atomic E-state index is 4.45. The van der Waals surface area contributed by atoms with Gasteiger partial charge in [-0.1, -0.05) is 44.0 Å². The molecule has 2 nitrogen and oxygen atoms in total. The van der Waals surface area contributed by atoms with Crippen LogP contribution in [0, 0.1) is 5.92 Å². The van der Waals surface area contributed by atoms with Gasteiger partial charge in [0.05, 0.1) is 0 Å². The van der Waals surface area contributed by atoms with E-state index in [2.05, 4.69) is 47.7 Å². The predicted octanol–water partition coefficient (Wildman–Crippen LogP) is 4.08. The molecule has 2 heteroatoms. The molecule has 1 aromatic carbocycles. The molecule has 0 bridgehead atoms. The van der Waals surface area contributed by atoms with Crippen LogP contribution in [0.25, 0.3) is 10.8 Å². The number of fused-ring (bicyclic) bond motifs is 1. The summed E-state index contributed by atoms with van der Waals surface area (Å²) in [6.07, 6.45) is 9.49. The molecule has 1 atom stereocenters. The van der Waals surface area contributed by atoms with Crippen LogP contribution in [0.15, 0.2) is 36.7 Å². The largest absolute Gasteiger partial charge is 0.310 e. The Morgan fingerprint density at radius 2 is 2.00 bits per heavy atom. The average Bonchev–Trinajstić information content (AvgIpc) is 2.98. The molecule has 1 fully saturated rings. The van der Waals surface area contributed by atoms with Crippen LogP contribution in [-0.2, 0) is 0 Å². The molecule has 1 N–H and O–H groups in total. The van der Waals surface area contributed by atoms with Crippen molar-refractivity contribution in [2.45, 2.75) is 38.6 Å². The molecule has 100 valence electrons. The van der Waals surface area contributed by atoms with Gasteiger partial charge in [0.15, 0.2) is 0 Å². The fourth-order valence-electron chi connectivity index (χ4n) is 3.43. The van der Waals surface area contributed by atoms with Gasteiger partial charge in [-0.15, -0.1) is 0 Å². The van der Waals surface area contributed by atoms with Gasteiger partial charge in [-0.05, 0) is 36.3 Å².